The molecule has 0 N–H and O–H groups in total. The van der Waals surface area contributed by atoms with Crippen molar-refractivity contribution >= 4 is 5.71 Å². The summed E-state index contributed by atoms with van der Waals surface area (Å²) < 4.78 is 0. The number of rotatable bonds is 0. The van der Waals surface area contributed by atoms with Gasteiger partial charge in [-0.1, -0.05) is 32.9 Å². The van der Waals surface area contributed by atoms with Crippen molar-refractivity contribution in [3.63, 3.8) is 0 Å². The van der Waals surface area contributed by atoms with Crippen LogP contribution in [0.5, 0.6) is 0 Å². The topological polar surface area (TPSA) is 12.4 Å². The molecule has 1 aliphatic rings. The minimum Gasteiger partial charge on any atom is -0.289 e. The van der Waals surface area contributed by atoms with Crippen molar-refractivity contribution in [1.29, 1.82) is 0 Å². The third-order valence-electron chi connectivity index (χ3n) is 3.10. The Balaban J connectivity index is 2.51. The summed E-state index contributed by atoms with van der Waals surface area (Å²) in [5, 5.41) is 0. The van der Waals surface area contributed by atoms with E-state index in [2.05, 4.69) is 50.9 Å². The van der Waals surface area contributed by atoms with Crippen LogP contribution in [-0.4, -0.2) is 12.3 Å². The lowest BCUT2D eigenvalue weighted by Crippen LogP contribution is -2.15. The van der Waals surface area contributed by atoms with E-state index in [1.807, 2.05) is 0 Å². The fraction of sp³-hybridized carbons (Fsp3) is 0.500. The van der Waals surface area contributed by atoms with Crippen molar-refractivity contribution in [2.75, 3.05) is 6.54 Å². The van der Waals surface area contributed by atoms with Gasteiger partial charge in [-0.3, -0.25) is 4.99 Å². The molecule has 15 heavy (non-hydrogen) atoms. The summed E-state index contributed by atoms with van der Waals surface area (Å²) in [6.45, 7) is 9.83. The van der Waals surface area contributed by atoms with E-state index in [4.69, 9.17) is 0 Å². The first-order valence-corrected chi connectivity index (χ1v) is 5.63. The average molecular weight is 201 g/mol. The fourth-order valence-electron chi connectivity index (χ4n) is 2.03. The molecule has 0 saturated carbocycles. The van der Waals surface area contributed by atoms with Gasteiger partial charge in [0.25, 0.3) is 0 Å². The number of hydrogen-bond donors (Lipinski definition) is 0. The molecule has 0 amide bonds. The van der Waals surface area contributed by atoms with Gasteiger partial charge in [0.1, 0.15) is 0 Å². The van der Waals surface area contributed by atoms with Crippen LogP contribution in [0.4, 0.5) is 0 Å². The van der Waals surface area contributed by atoms with Gasteiger partial charge in [-0.2, -0.15) is 0 Å². The fourth-order valence-corrected chi connectivity index (χ4v) is 2.03. The zero-order valence-electron chi connectivity index (χ0n) is 10.1. The number of benzene rings is 1. The largest absolute Gasteiger partial charge is 0.289 e. The second kappa shape index (κ2) is 3.48. The third-order valence-corrected chi connectivity index (χ3v) is 3.10. The molecule has 1 heterocycles. The molecule has 2 rings (SSSR count). The number of hydrogen-bond acceptors (Lipinski definition) is 1. The molecule has 1 heteroatoms. The molecule has 0 spiro atoms. The van der Waals surface area contributed by atoms with Crippen molar-refractivity contribution < 1.29 is 0 Å². The standard InChI is InChI=1S/C14H19N/c1-10-13-9-12(14(2,3)4)6-5-11(13)7-8-15-10/h5-6,9H,7-8H2,1-4H3. The van der Waals surface area contributed by atoms with Gasteiger partial charge in [0.05, 0.1) is 0 Å². The van der Waals surface area contributed by atoms with Gasteiger partial charge in [-0.15, -0.1) is 0 Å². The third kappa shape index (κ3) is 1.97. The molecule has 1 aromatic carbocycles. The molecular formula is C14H19N. The molecule has 0 unspecified atom stereocenters. The van der Waals surface area contributed by atoms with Gasteiger partial charge in [0.2, 0.25) is 0 Å². The predicted molar refractivity (Wildman–Crippen MR) is 65.9 cm³/mol. The Labute approximate surface area is 92.2 Å². The molecule has 0 atom stereocenters. The van der Waals surface area contributed by atoms with Crippen molar-refractivity contribution in [2.45, 2.75) is 39.5 Å². The van der Waals surface area contributed by atoms with Gasteiger partial charge in [0, 0.05) is 12.3 Å². The molecule has 1 aliphatic heterocycles. The van der Waals surface area contributed by atoms with Gasteiger partial charge in [0.15, 0.2) is 0 Å². The van der Waals surface area contributed by atoms with Crippen molar-refractivity contribution in [2.24, 2.45) is 4.99 Å². The van der Waals surface area contributed by atoms with Crippen LogP contribution in [0.15, 0.2) is 23.2 Å². The molecule has 1 nitrogen and oxygen atoms in total. The summed E-state index contributed by atoms with van der Waals surface area (Å²) in [6, 6.07) is 6.85. The van der Waals surface area contributed by atoms with E-state index < -0.39 is 0 Å². The highest BCUT2D eigenvalue weighted by atomic mass is 14.7. The first-order chi connectivity index (χ1) is 6.98. The summed E-state index contributed by atoms with van der Waals surface area (Å²) in [6.07, 6.45) is 1.09. The first kappa shape index (κ1) is 10.4. The molecule has 1 aromatic rings. The normalized spacial score (nSPS) is 15.9. The van der Waals surface area contributed by atoms with E-state index in [0.717, 1.165) is 13.0 Å². The lowest BCUT2D eigenvalue weighted by atomic mass is 9.84. The maximum absolute atomic E-state index is 4.51. The average Bonchev–Trinajstić information content (AvgIpc) is 2.16. The predicted octanol–water partition coefficient (Wildman–Crippen LogP) is 3.35. The SMILES string of the molecule is CC1=NCCc2ccc(C(C)(C)C)cc21. The van der Waals surface area contributed by atoms with Gasteiger partial charge >= 0.3 is 0 Å². The minimum atomic E-state index is 0.229. The number of nitrogens with zero attached hydrogens (tertiary/aromatic N) is 1. The summed E-state index contributed by atoms with van der Waals surface area (Å²) >= 11 is 0. The molecule has 0 aliphatic carbocycles. The Bertz CT molecular complexity index is 408. The van der Waals surface area contributed by atoms with E-state index in [0.29, 0.717) is 0 Å². The molecular weight excluding hydrogens is 182 g/mol. The summed E-state index contributed by atoms with van der Waals surface area (Å²) in [4.78, 5) is 4.51. The van der Waals surface area contributed by atoms with Crippen molar-refractivity contribution in [3.05, 3.63) is 34.9 Å². The Hall–Kier alpha value is -1.11. The monoisotopic (exact) mass is 201 g/mol. The maximum atomic E-state index is 4.51. The summed E-state index contributed by atoms with van der Waals surface area (Å²) in [7, 11) is 0. The Kier molecular flexibility index (Phi) is 2.41. The lowest BCUT2D eigenvalue weighted by Gasteiger charge is -2.22. The Morgan fingerprint density at radius 3 is 2.60 bits per heavy atom. The van der Waals surface area contributed by atoms with Gasteiger partial charge < -0.3 is 0 Å². The number of aliphatic imine (C=N–C) groups is 1. The number of fused-ring (bicyclic) bond motifs is 1. The zero-order valence-corrected chi connectivity index (χ0v) is 10.1. The highest BCUT2D eigenvalue weighted by Crippen LogP contribution is 2.26. The Morgan fingerprint density at radius 1 is 1.20 bits per heavy atom. The summed E-state index contributed by atoms with van der Waals surface area (Å²) in [5.74, 6) is 0. The second-order valence-corrected chi connectivity index (χ2v) is 5.34. The second-order valence-electron chi connectivity index (χ2n) is 5.34. The molecule has 80 valence electrons. The van der Waals surface area contributed by atoms with E-state index >= 15 is 0 Å². The molecule has 0 saturated heterocycles. The molecule has 0 aromatic heterocycles. The van der Waals surface area contributed by atoms with Crippen LogP contribution in [0.2, 0.25) is 0 Å². The van der Waals surface area contributed by atoms with Gasteiger partial charge in [-0.25, -0.2) is 0 Å². The zero-order chi connectivity index (χ0) is 11.1. The van der Waals surface area contributed by atoms with Crippen LogP contribution in [0.1, 0.15) is 44.4 Å². The van der Waals surface area contributed by atoms with Crippen molar-refractivity contribution in [3.8, 4) is 0 Å². The van der Waals surface area contributed by atoms with Crippen LogP contribution >= 0.6 is 0 Å². The van der Waals surface area contributed by atoms with Crippen LogP contribution in [0.25, 0.3) is 0 Å². The van der Waals surface area contributed by atoms with Crippen LogP contribution < -0.4 is 0 Å². The van der Waals surface area contributed by atoms with E-state index in [-0.39, 0.29) is 5.41 Å². The van der Waals surface area contributed by atoms with Gasteiger partial charge in [-0.05, 0) is 41.5 Å². The van der Waals surface area contributed by atoms with Crippen LogP contribution in [0.3, 0.4) is 0 Å². The molecule has 0 radical (unpaired) electrons. The van der Waals surface area contributed by atoms with Crippen LogP contribution in [-0.2, 0) is 11.8 Å². The van der Waals surface area contributed by atoms with E-state index in [9.17, 15) is 0 Å². The molecule has 0 fully saturated rings. The Morgan fingerprint density at radius 2 is 1.93 bits per heavy atom. The van der Waals surface area contributed by atoms with Crippen LogP contribution in [0, 0.1) is 0 Å². The molecule has 0 bridgehead atoms. The first-order valence-electron chi connectivity index (χ1n) is 5.63. The maximum Gasteiger partial charge on any atom is 0.0433 e. The quantitative estimate of drug-likeness (QED) is 0.610. The van der Waals surface area contributed by atoms with E-state index in [1.165, 1.54) is 22.4 Å². The smallest absolute Gasteiger partial charge is 0.0433 e. The minimum absolute atomic E-state index is 0.229. The lowest BCUT2D eigenvalue weighted by molar-refractivity contribution is 0.589. The van der Waals surface area contributed by atoms with E-state index in [1.54, 1.807) is 0 Å². The summed E-state index contributed by atoms with van der Waals surface area (Å²) in [5.41, 5.74) is 5.64. The highest BCUT2D eigenvalue weighted by Gasteiger charge is 2.17. The highest BCUT2D eigenvalue weighted by molar-refractivity contribution is 6.00. The van der Waals surface area contributed by atoms with Crippen molar-refractivity contribution in [1.82, 2.24) is 0 Å².